The molecule has 2 aliphatic carbocycles. The Hall–Kier alpha value is -4.74. The average molecular weight is 525 g/mol. The maximum atomic E-state index is 11.9. The molecule has 0 saturated heterocycles. The number of nitrogens with one attached hydrogen (secondary N) is 4. The van der Waals surface area contributed by atoms with E-state index in [0.29, 0.717) is 33.0 Å². The number of carbonyl (C=O) groups is 4. The van der Waals surface area contributed by atoms with Gasteiger partial charge in [-0.05, 0) is 24.3 Å². The summed E-state index contributed by atoms with van der Waals surface area (Å²) in [6.07, 6.45) is 0.777. The number of rotatable bonds is 12. The van der Waals surface area contributed by atoms with Gasteiger partial charge in [0.25, 0.3) is 23.6 Å². The molecule has 200 valence electrons. The summed E-state index contributed by atoms with van der Waals surface area (Å²) >= 11 is 0. The van der Waals surface area contributed by atoms with Gasteiger partial charge in [-0.25, -0.2) is 0 Å². The van der Waals surface area contributed by atoms with Crippen molar-refractivity contribution in [2.75, 3.05) is 0 Å². The lowest BCUT2D eigenvalue weighted by Crippen LogP contribution is -2.24. The van der Waals surface area contributed by atoms with Crippen molar-refractivity contribution in [3.05, 3.63) is 46.5 Å². The molecule has 0 saturated carbocycles. The third-order valence-corrected chi connectivity index (χ3v) is 5.90. The maximum Gasteiger partial charge on any atom is 0.252 e. The second-order valence-electron chi connectivity index (χ2n) is 8.31. The first-order valence-electron chi connectivity index (χ1n) is 12.3. The zero-order valence-electron chi connectivity index (χ0n) is 21.4. The molecule has 0 radical (unpaired) electrons. The number of hydrogen-bond donors (Lipinski definition) is 4. The van der Waals surface area contributed by atoms with E-state index in [1.807, 2.05) is 0 Å². The number of carbonyl (C=O) groups excluding carboxylic acids is 4. The first kappa shape index (κ1) is 26.3. The van der Waals surface area contributed by atoms with Crippen LogP contribution in [0, 0.1) is 0 Å². The van der Waals surface area contributed by atoms with Crippen LogP contribution in [-0.2, 0) is 38.5 Å². The summed E-state index contributed by atoms with van der Waals surface area (Å²) in [6.45, 7) is 6.72. The summed E-state index contributed by atoms with van der Waals surface area (Å²) in [7, 11) is 0. The minimum Gasteiger partial charge on any atom is -0.375 e. The van der Waals surface area contributed by atoms with E-state index in [0.717, 1.165) is 0 Å². The van der Waals surface area contributed by atoms with Crippen LogP contribution in [0.15, 0.2) is 24.3 Å². The van der Waals surface area contributed by atoms with Gasteiger partial charge < -0.3 is 19.4 Å². The van der Waals surface area contributed by atoms with E-state index in [1.165, 1.54) is 0 Å². The highest BCUT2D eigenvalue weighted by Gasteiger charge is 2.37. The van der Waals surface area contributed by atoms with Crippen molar-refractivity contribution in [1.29, 1.82) is 0 Å². The number of benzene rings is 2. The molecule has 38 heavy (non-hydrogen) atoms. The van der Waals surface area contributed by atoms with Gasteiger partial charge in [-0.2, -0.15) is 21.9 Å². The van der Waals surface area contributed by atoms with E-state index in [1.54, 1.807) is 52.0 Å². The molecule has 0 unspecified atom stereocenters. The van der Waals surface area contributed by atoms with E-state index in [2.05, 4.69) is 21.9 Å². The van der Waals surface area contributed by atoms with Crippen molar-refractivity contribution in [3.63, 3.8) is 0 Å². The lowest BCUT2D eigenvalue weighted by Gasteiger charge is -2.13. The van der Waals surface area contributed by atoms with E-state index in [-0.39, 0.29) is 72.3 Å². The zero-order valence-corrected chi connectivity index (χ0v) is 21.4. The highest BCUT2D eigenvalue weighted by molar-refractivity contribution is 6.20. The Kier molecular flexibility index (Phi) is 7.70. The molecule has 0 heterocycles. The van der Waals surface area contributed by atoms with Crippen LogP contribution in [-0.4, -0.2) is 23.6 Å². The van der Waals surface area contributed by atoms with Crippen molar-refractivity contribution in [1.82, 2.24) is 21.9 Å². The number of hydrogen-bond acceptors (Lipinski definition) is 8. The molecule has 0 aliphatic heterocycles. The van der Waals surface area contributed by atoms with Gasteiger partial charge in [0, 0.05) is 58.7 Å². The minimum atomic E-state index is -0.352. The molecule has 4 amide bonds. The Morgan fingerprint density at radius 1 is 0.474 bits per heavy atom. The highest BCUT2D eigenvalue weighted by atomic mass is 16.7. The Balaban J connectivity index is 1.82. The van der Waals surface area contributed by atoms with Gasteiger partial charge in [0.05, 0.1) is 0 Å². The maximum absolute atomic E-state index is 11.9. The standard InChI is InChI=1S/C26H28N4O8/c1-5-17(31)27-35-23-13-9-10-15-22-16(12-11-14(21(13)22)24(23)36-28-18(32)6-2)26(38-30-20(34)8-4)25(15)37-29-19(33)7-3/h9-12H,5-8H2,1-4H3,(H,27,31)(H,28,32)(H,29,33)(H,30,34). The van der Waals surface area contributed by atoms with Gasteiger partial charge in [0.1, 0.15) is 0 Å². The topological polar surface area (TPSA) is 153 Å². The highest BCUT2D eigenvalue weighted by Crippen LogP contribution is 2.50. The molecule has 4 N–H and O–H groups in total. The zero-order chi connectivity index (χ0) is 27.4. The monoisotopic (exact) mass is 524 g/mol. The molecule has 0 bridgehead atoms. The molecule has 2 aliphatic rings. The predicted molar refractivity (Wildman–Crippen MR) is 136 cm³/mol. The average Bonchev–Trinajstić information content (AvgIpc) is 3.42. The van der Waals surface area contributed by atoms with Crippen LogP contribution < -0.4 is 21.9 Å². The lowest BCUT2D eigenvalue weighted by molar-refractivity contribution is -0.130. The second kappa shape index (κ2) is 11.1. The summed E-state index contributed by atoms with van der Waals surface area (Å²) < 4.78 is 0. The van der Waals surface area contributed by atoms with Crippen LogP contribution in [0.2, 0.25) is 0 Å². The van der Waals surface area contributed by atoms with Crippen LogP contribution in [0.25, 0.3) is 33.8 Å². The first-order valence-corrected chi connectivity index (χ1v) is 12.3. The largest absolute Gasteiger partial charge is 0.375 e. The second-order valence-corrected chi connectivity index (χ2v) is 8.31. The van der Waals surface area contributed by atoms with E-state index >= 15 is 0 Å². The molecular formula is C26H28N4O8. The number of amides is 4. The van der Waals surface area contributed by atoms with Crippen LogP contribution in [0.5, 0.6) is 0 Å². The molecule has 2 aromatic rings. The minimum absolute atomic E-state index is 0.192. The molecule has 12 nitrogen and oxygen atoms in total. The Morgan fingerprint density at radius 2 is 0.684 bits per heavy atom. The summed E-state index contributed by atoms with van der Waals surface area (Å²) in [5.74, 6) is -0.641. The summed E-state index contributed by atoms with van der Waals surface area (Å²) in [4.78, 5) is 70.4. The van der Waals surface area contributed by atoms with Crippen molar-refractivity contribution in [3.8, 4) is 0 Å². The molecule has 0 fully saturated rings. The molecule has 2 aromatic carbocycles. The van der Waals surface area contributed by atoms with Crippen LogP contribution in [0.3, 0.4) is 0 Å². The third-order valence-electron chi connectivity index (χ3n) is 5.90. The fourth-order valence-corrected chi connectivity index (χ4v) is 3.87. The van der Waals surface area contributed by atoms with E-state index in [4.69, 9.17) is 19.4 Å². The lowest BCUT2D eigenvalue weighted by atomic mass is 9.98. The van der Waals surface area contributed by atoms with Gasteiger partial charge in [-0.1, -0.05) is 27.7 Å². The van der Waals surface area contributed by atoms with Gasteiger partial charge in [0.15, 0.2) is 0 Å². The summed E-state index contributed by atoms with van der Waals surface area (Å²) in [6, 6.07) is 6.92. The van der Waals surface area contributed by atoms with Crippen LogP contribution in [0.1, 0.15) is 75.6 Å². The molecule has 0 aromatic heterocycles. The van der Waals surface area contributed by atoms with Gasteiger partial charge >= 0.3 is 0 Å². The molecule has 4 rings (SSSR count). The summed E-state index contributed by atoms with van der Waals surface area (Å²) in [5, 5.41) is 1.34. The quantitative estimate of drug-likeness (QED) is 0.309. The molecule has 0 spiro atoms. The molecule has 12 heteroatoms. The Labute approximate surface area is 218 Å². The van der Waals surface area contributed by atoms with Crippen molar-refractivity contribution in [2.24, 2.45) is 0 Å². The Bertz CT molecular complexity index is 1190. The van der Waals surface area contributed by atoms with Crippen LogP contribution in [0.4, 0.5) is 0 Å². The molecular weight excluding hydrogens is 496 g/mol. The fourth-order valence-electron chi connectivity index (χ4n) is 3.87. The van der Waals surface area contributed by atoms with Crippen molar-refractivity contribution < 1.29 is 38.5 Å². The Morgan fingerprint density at radius 3 is 0.868 bits per heavy atom. The predicted octanol–water partition coefficient (Wildman–Crippen LogP) is 2.95. The fraction of sp³-hybridized carbons (Fsp3) is 0.308. The molecule has 0 atom stereocenters. The van der Waals surface area contributed by atoms with E-state index < -0.39 is 0 Å². The summed E-state index contributed by atoms with van der Waals surface area (Å²) in [5.41, 5.74) is 11.8. The van der Waals surface area contributed by atoms with Crippen molar-refractivity contribution in [2.45, 2.75) is 53.4 Å². The van der Waals surface area contributed by atoms with Crippen molar-refractivity contribution >= 4 is 57.4 Å². The SMILES string of the molecule is CCC(=O)NOC1=C(ONC(=O)CC)c2ccc3c4c(ccc1c24)C(ONC(=O)CC)=C3ONC(=O)CC. The normalized spacial score (nSPS) is 12.8. The first-order chi connectivity index (χ1) is 18.3. The number of hydroxylamine groups is 4. The van der Waals surface area contributed by atoms with Crippen LogP contribution >= 0.6 is 0 Å². The smallest absolute Gasteiger partial charge is 0.252 e. The van der Waals surface area contributed by atoms with Gasteiger partial charge in [-0.3, -0.25) is 19.2 Å². The van der Waals surface area contributed by atoms with Gasteiger partial charge in [0.2, 0.25) is 23.0 Å². The van der Waals surface area contributed by atoms with Gasteiger partial charge in [-0.15, -0.1) is 0 Å². The van der Waals surface area contributed by atoms with E-state index in [9.17, 15) is 19.2 Å². The third kappa shape index (κ3) is 4.80.